The summed E-state index contributed by atoms with van der Waals surface area (Å²) in [5, 5.41) is 18.6. The molecule has 1 aliphatic heterocycles. The Bertz CT molecular complexity index is 466. The molecule has 0 spiro atoms. The number of hydrogen-bond donors (Lipinski definition) is 2. The van der Waals surface area contributed by atoms with E-state index in [1.807, 2.05) is 0 Å². The molecule has 3 nitrogen and oxygen atoms in total. The molecule has 19 heavy (non-hydrogen) atoms. The van der Waals surface area contributed by atoms with Crippen LogP contribution in [0.25, 0.3) is 0 Å². The van der Waals surface area contributed by atoms with Gasteiger partial charge in [-0.3, -0.25) is 0 Å². The van der Waals surface area contributed by atoms with Gasteiger partial charge in [-0.1, -0.05) is 49.6 Å². The largest absolute Gasteiger partial charge is 0.393 e. The van der Waals surface area contributed by atoms with Gasteiger partial charge in [0.2, 0.25) is 0 Å². The first-order valence-electron chi connectivity index (χ1n) is 6.24. The van der Waals surface area contributed by atoms with Crippen molar-refractivity contribution < 1.29 is 14.9 Å². The summed E-state index contributed by atoms with van der Waals surface area (Å²) >= 11 is 0. The van der Waals surface area contributed by atoms with Crippen LogP contribution in [0.4, 0.5) is 0 Å². The first-order chi connectivity index (χ1) is 8.92. The van der Waals surface area contributed by atoms with Crippen molar-refractivity contribution in [1.29, 1.82) is 0 Å². The van der Waals surface area contributed by atoms with Crippen LogP contribution in [-0.4, -0.2) is 43.2 Å². The highest BCUT2D eigenvalue weighted by Gasteiger charge is 2.23. The number of rotatable bonds is 1. The van der Waals surface area contributed by atoms with Gasteiger partial charge in [0.25, 0.3) is 0 Å². The summed E-state index contributed by atoms with van der Waals surface area (Å²) in [6.45, 7) is 6.41. The highest BCUT2D eigenvalue weighted by Crippen LogP contribution is 2.11. The van der Waals surface area contributed by atoms with E-state index in [0.29, 0.717) is 0 Å². The van der Waals surface area contributed by atoms with E-state index in [9.17, 15) is 5.11 Å². The van der Waals surface area contributed by atoms with Gasteiger partial charge in [0, 0.05) is 0 Å². The number of hydrogen-bond acceptors (Lipinski definition) is 3. The molecule has 1 heterocycles. The lowest BCUT2D eigenvalue weighted by Crippen LogP contribution is -2.35. The molecule has 0 unspecified atom stereocenters. The zero-order valence-corrected chi connectivity index (χ0v) is 12.6. The van der Waals surface area contributed by atoms with Crippen molar-refractivity contribution >= 4 is 8.07 Å². The van der Waals surface area contributed by atoms with Gasteiger partial charge in [-0.15, -0.1) is 5.54 Å². The SMILES string of the molecule is C[Si](C)(C)C#C/C=C\C#C[C@H]1O[C@H](CO)C=C[C@H]1O. The second kappa shape index (κ2) is 7.33. The first-order valence-corrected chi connectivity index (χ1v) is 9.74. The van der Waals surface area contributed by atoms with E-state index in [2.05, 4.69) is 42.9 Å². The zero-order valence-electron chi connectivity index (χ0n) is 11.6. The number of aliphatic hydroxyl groups excluding tert-OH is 2. The van der Waals surface area contributed by atoms with Crippen LogP contribution in [0, 0.1) is 23.3 Å². The topological polar surface area (TPSA) is 49.7 Å². The minimum absolute atomic E-state index is 0.112. The van der Waals surface area contributed by atoms with E-state index >= 15 is 0 Å². The molecule has 1 aliphatic rings. The molecule has 0 radical (unpaired) electrons. The second-order valence-corrected chi connectivity index (χ2v) is 10.0. The Hall–Kier alpha value is -1.30. The zero-order chi connectivity index (χ0) is 14.3. The molecule has 0 fully saturated rings. The number of aliphatic hydroxyl groups is 2. The van der Waals surface area contributed by atoms with Crippen LogP contribution in [0.1, 0.15) is 0 Å². The molecular weight excluding hydrogens is 256 g/mol. The molecule has 0 saturated heterocycles. The summed E-state index contributed by atoms with van der Waals surface area (Å²) in [7, 11) is -1.34. The van der Waals surface area contributed by atoms with Crippen molar-refractivity contribution in [2.75, 3.05) is 6.61 Å². The van der Waals surface area contributed by atoms with Gasteiger partial charge in [-0.05, 0) is 12.2 Å². The van der Waals surface area contributed by atoms with Gasteiger partial charge in [-0.2, -0.15) is 0 Å². The second-order valence-electron chi connectivity index (χ2n) is 5.29. The summed E-state index contributed by atoms with van der Waals surface area (Å²) in [5.74, 6) is 8.57. The van der Waals surface area contributed by atoms with Gasteiger partial charge < -0.3 is 14.9 Å². The summed E-state index contributed by atoms with van der Waals surface area (Å²) in [4.78, 5) is 0. The van der Waals surface area contributed by atoms with Crippen LogP contribution in [0.3, 0.4) is 0 Å². The molecule has 0 aliphatic carbocycles. The predicted molar refractivity (Wildman–Crippen MR) is 78.9 cm³/mol. The van der Waals surface area contributed by atoms with Crippen molar-refractivity contribution in [3.63, 3.8) is 0 Å². The van der Waals surface area contributed by atoms with Gasteiger partial charge in [0.1, 0.15) is 26.4 Å². The van der Waals surface area contributed by atoms with Crippen LogP contribution < -0.4 is 0 Å². The minimum atomic E-state index is -1.34. The van der Waals surface area contributed by atoms with Crippen LogP contribution in [0.2, 0.25) is 19.6 Å². The van der Waals surface area contributed by atoms with Crippen LogP contribution in [0.5, 0.6) is 0 Å². The maximum atomic E-state index is 9.65. The molecule has 0 aromatic carbocycles. The van der Waals surface area contributed by atoms with E-state index in [1.54, 1.807) is 24.3 Å². The van der Waals surface area contributed by atoms with Crippen molar-refractivity contribution in [2.24, 2.45) is 0 Å². The summed E-state index contributed by atoms with van der Waals surface area (Å²) < 4.78 is 5.39. The Morgan fingerprint density at radius 2 is 1.89 bits per heavy atom. The maximum absolute atomic E-state index is 9.65. The predicted octanol–water partition coefficient (Wildman–Crippen LogP) is 1.10. The van der Waals surface area contributed by atoms with E-state index in [4.69, 9.17) is 9.84 Å². The van der Waals surface area contributed by atoms with Gasteiger partial charge >= 0.3 is 0 Å². The molecule has 3 atom stereocenters. The molecule has 0 bridgehead atoms. The van der Waals surface area contributed by atoms with Gasteiger partial charge in [-0.25, -0.2) is 0 Å². The van der Waals surface area contributed by atoms with E-state index < -0.39 is 26.4 Å². The highest BCUT2D eigenvalue weighted by molar-refractivity contribution is 6.83. The Balaban J connectivity index is 2.56. The van der Waals surface area contributed by atoms with Crippen molar-refractivity contribution in [1.82, 2.24) is 0 Å². The first kappa shape index (κ1) is 15.8. The average Bonchev–Trinajstić information content (AvgIpc) is 2.34. The summed E-state index contributed by atoms with van der Waals surface area (Å²) in [6, 6.07) is 0. The van der Waals surface area contributed by atoms with Crippen molar-refractivity contribution in [3.05, 3.63) is 24.3 Å². The Kier molecular flexibility index (Phi) is 6.07. The lowest BCUT2D eigenvalue weighted by molar-refractivity contribution is -0.0431. The number of allylic oxidation sites excluding steroid dienone is 2. The Morgan fingerprint density at radius 3 is 2.53 bits per heavy atom. The highest BCUT2D eigenvalue weighted by atomic mass is 28.3. The molecule has 0 aromatic heterocycles. The third-order valence-corrected chi connectivity index (χ3v) is 3.15. The third kappa shape index (κ3) is 6.42. The van der Waals surface area contributed by atoms with Gasteiger partial charge in [0.05, 0.1) is 6.61 Å². The van der Waals surface area contributed by atoms with Gasteiger partial charge in [0.15, 0.2) is 0 Å². The Labute approximate surface area is 116 Å². The lowest BCUT2D eigenvalue weighted by Gasteiger charge is -2.24. The summed E-state index contributed by atoms with van der Waals surface area (Å²) in [5.41, 5.74) is 3.19. The molecule has 0 aromatic rings. The van der Waals surface area contributed by atoms with E-state index in [1.165, 1.54) is 0 Å². The minimum Gasteiger partial charge on any atom is -0.393 e. The van der Waals surface area contributed by atoms with Crippen molar-refractivity contribution in [3.8, 4) is 23.3 Å². The van der Waals surface area contributed by atoms with Crippen LogP contribution in [0.15, 0.2) is 24.3 Å². The molecule has 1 rings (SSSR count). The summed E-state index contributed by atoms with van der Waals surface area (Å²) in [6.07, 6.45) is 4.85. The molecule has 102 valence electrons. The molecular formula is C15H20O3Si. The lowest BCUT2D eigenvalue weighted by atomic mass is 10.1. The van der Waals surface area contributed by atoms with E-state index in [0.717, 1.165) is 0 Å². The molecule has 0 amide bonds. The Morgan fingerprint density at radius 1 is 1.21 bits per heavy atom. The van der Waals surface area contributed by atoms with Crippen LogP contribution in [-0.2, 0) is 4.74 Å². The quantitative estimate of drug-likeness (QED) is 0.428. The smallest absolute Gasteiger partial charge is 0.148 e. The molecule has 4 heteroatoms. The average molecular weight is 276 g/mol. The maximum Gasteiger partial charge on any atom is 0.148 e. The standard InChI is InChI=1S/C15H20O3Si/c1-19(2,3)11-7-5-4-6-8-15-14(17)10-9-13(12-16)18-15/h4-5,9-10,13-17H,12H2,1-3H3/b5-4-/t13-,14+,15+/m0/s1. The van der Waals surface area contributed by atoms with Crippen LogP contribution >= 0.6 is 0 Å². The normalized spacial score (nSPS) is 26.5. The van der Waals surface area contributed by atoms with Crippen molar-refractivity contribution in [2.45, 2.75) is 38.0 Å². The monoisotopic (exact) mass is 276 g/mol. The number of ether oxygens (including phenoxy) is 1. The molecule has 2 N–H and O–H groups in total. The van der Waals surface area contributed by atoms with E-state index in [-0.39, 0.29) is 6.61 Å². The fraction of sp³-hybridized carbons (Fsp3) is 0.467. The fourth-order valence-corrected chi connectivity index (χ4v) is 1.86. The fourth-order valence-electron chi connectivity index (χ4n) is 1.35. The molecule has 0 saturated carbocycles. The third-order valence-electron chi connectivity index (χ3n) is 2.26.